The van der Waals surface area contributed by atoms with Gasteiger partial charge >= 0.3 is 0 Å². The molecule has 0 saturated heterocycles. The Morgan fingerprint density at radius 3 is 2.31 bits per heavy atom. The smallest absolute Gasteiger partial charge is 0.245 e. The third-order valence-corrected chi connectivity index (χ3v) is 5.98. The molecule has 0 aromatic heterocycles. The van der Waals surface area contributed by atoms with Crippen LogP contribution in [0.15, 0.2) is 30.3 Å². The van der Waals surface area contributed by atoms with E-state index in [2.05, 4.69) is 5.32 Å². The summed E-state index contributed by atoms with van der Waals surface area (Å²) in [5.41, 5.74) is 2.61. The SMILES string of the molecule is Cc1cccc(NC(=O)CN(c2cc(Cl)c(Cl)cc2Cl)S(C)(=O)=O)c1C. The highest BCUT2D eigenvalue weighted by molar-refractivity contribution is 7.92. The van der Waals surface area contributed by atoms with Crippen molar-refractivity contribution in [2.24, 2.45) is 0 Å². The normalized spacial score (nSPS) is 11.3. The first-order valence-corrected chi connectivity index (χ1v) is 10.5. The van der Waals surface area contributed by atoms with Gasteiger partial charge in [-0.2, -0.15) is 0 Å². The monoisotopic (exact) mass is 434 g/mol. The number of carbonyl (C=O) groups excluding carboxylic acids is 1. The molecule has 2 aromatic rings. The molecule has 0 aliphatic rings. The van der Waals surface area contributed by atoms with Crippen molar-refractivity contribution in [1.82, 2.24) is 0 Å². The average Bonchev–Trinajstić information content (AvgIpc) is 2.52. The van der Waals surface area contributed by atoms with E-state index in [1.54, 1.807) is 6.07 Å². The molecule has 2 aromatic carbocycles. The van der Waals surface area contributed by atoms with Crippen molar-refractivity contribution in [3.8, 4) is 0 Å². The second-order valence-corrected chi connectivity index (χ2v) is 8.91. The van der Waals surface area contributed by atoms with Crippen molar-refractivity contribution in [3.63, 3.8) is 0 Å². The van der Waals surface area contributed by atoms with Gasteiger partial charge in [0, 0.05) is 5.69 Å². The van der Waals surface area contributed by atoms with Gasteiger partial charge in [-0.05, 0) is 43.2 Å². The number of halogens is 3. The summed E-state index contributed by atoms with van der Waals surface area (Å²) in [5.74, 6) is -0.508. The van der Waals surface area contributed by atoms with Crippen LogP contribution in [0.5, 0.6) is 0 Å². The van der Waals surface area contributed by atoms with Crippen molar-refractivity contribution in [2.75, 3.05) is 22.4 Å². The molecule has 140 valence electrons. The summed E-state index contributed by atoms with van der Waals surface area (Å²) in [6, 6.07) is 8.13. The Bertz CT molecular complexity index is 962. The maximum Gasteiger partial charge on any atom is 0.245 e. The molecular formula is C17H17Cl3N2O3S. The van der Waals surface area contributed by atoms with E-state index in [-0.39, 0.29) is 20.8 Å². The number of benzene rings is 2. The molecule has 0 aliphatic heterocycles. The van der Waals surface area contributed by atoms with Crippen molar-refractivity contribution in [1.29, 1.82) is 0 Å². The highest BCUT2D eigenvalue weighted by Gasteiger charge is 2.24. The van der Waals surface area contributed by atoms with Gasteiger partial charge in [0.2, 0.25) is 15.9 Å². The van der Waals surface area contributed by atoms with Crippen LogP contribution in [0.4, 0.5) is 11.4 Å². The summed E-state index contributed by atoms with van der Waals surface area (Å²) < 4.78 is 25.3. The number of hydrogen-bond donors (Lipinski definition) is 1. The second-order valence-electron chi connectivity index (χ2n) is 5.78. The maximum absolute atomic E-state index is 12.5. The number of hydrogen-bond acceptors (Lipinski definition) is 3. The van der Waals surface area contributed by atoms with E-state index in [4.69, 9.17) is 34.8 Å². The lowest BCUT2D eigenvalue weighted by Gasteiger charge is -2.23. The number of amides is 1. The number of nitrogens with zero attached hydrogens (tertiary/aromatic N) is 1. The highest BCUT2D eigenvalue weighted by atomic mass is 35.5. The molecule has 0 radical (unpaired) electrons. The minimum Gasteiger partial charge on any atom is -0.324 e. The molecule has 5 nitrogen and oxygen atoms in total. The molecule has 2 rings (SSSR count). The molecule has 9 heteroatoms. The summed E-state index contributed by atoms with van der Waals surface area (Å²) in [7, 11) is -3.79. The van der Waals surface area contributed by atoms with Gasteiger partial charge in [0.1, 0.15) is 6.54 Å². The minimum atomic E-state index is -3.79. The zero-order valence-electron chi connectivity index (χ0n) is 14.3. The van der Waals surface area contributed by atoms with Crippen LogP contribution in [0.1, 0.15) is 11.1 Å². The zero-order chi connectivity index (χ0) is 19.6. The Kier molecular flexibility index (Phi) is 6.45. The van der Waals surface area contributed by atoms with E-state index >= 15 is 0 Å². The molecule has 0 spiro atoms. The van der Waals surface area contributed by atoms with E-state index in [1.807, 2.05) is 26.0 Å². The van der Waals surface area contributed by atoms with Crippen LogP contribution in [0.2, 0.25) is 15.1 Å². The largest absolute Gasteiger partial charge is 0.324 e. The molecule has 0 bridgehead atoms. The Hall–Kier alpha value is -1.47. The first-order valence-electron chi connectivity index (χ1n) is 7.49. The fourth-order valence-electron chi connectivity index (χ4n) is 2.29. The summed E-state index contributed by atoms with van der Waals surface area (Å²) in [4.78, 5) is 12.5. The number of carbonyl (C=O) groups is 1. The van der Waals surface area contributed by atoms with E-state index in [0.29, 0.717) is 5.69 Å². The molecule has 0 fully saturated rings. The number of rotatable bonds is 5. The number of nitrogens with one attached hydrogen (secondary N) is 1. The molecule has 26 heavy (non-hydrogen) atoms. The van der Waals surface area contributed by atoms with Crippen LogP contribution >= 0.6 is 34.8 Å². The minimum absolute atomic E-state index is 0.0735. The lowest BCUT2D eigenvalue weighted by atomic mass is 10.1. The average molecular weight is 436 g/mol. The number of aryl methyl sites for hydroxylation is 1. The quantitative estimate of drug-likeness (QED) is 0.694. The van der Waals surface area contributed by atoms with Gasteiger partial charge in [-0.1, -0.05) is 46.9 Å². The molecule has 0 saturated carbocycles. The molecule has 0 heterocycles. The Morgan fingerprint density at radius 2 is 1.69 bits per heavy atom. The van der Waals surface area contributed by atoms with Gasteiger partial charge in [0.05, 0.1) is 27.0 Å². The summed E-state index contributed by atoms with van der Waals surface area (Å²) >= 11 is 18.0. The molecule has 0 unspecified atom stereocenters. The van der Waals surface area contributed by atoms with E-state index in [0.717, 1.165) is 21.7 Å². The third-order valence-electron chi connectivity index (χ3n) is 3.82. The van der Waals surface area contributed by atoms with Crippen LogP contribution in [0, 0.1) is 13.8 Å². The third kappa shape index (κ3) is 4.82. The lowest BCUT2D eigenvalue weighted by molar-refractivity contribution is -0.114. The fourth-order valence-corrected chi connectivity index (χ4v) is 3.84. The van der Waals surface area contributed by atoms with Crippen LogP contribution in [-0.2, 0) is 14.8 Å². The standard InChI is InChI=1S/C17H17Cl3N2O3S/c1-10-5-4-6-15(11(10)2)21-17(23)9-22(26(3,24)25)16-8-13(19)12(18)7-14(16)20/h4-8H,9H2,1-3H3,(H,21,23). The summed E-state index contributed by atoms with van der Waals surface area (Å²) in [5, 5.41) is 3.12. The van der Waals surface area contributed by atoms with E-state index in [1.165, 1.54) is 12.1 Å². The van der Waals surface area contributed by atoms with E-state index < -0.39 is 22.5 Å². The van der Waals surface area contributed by atoms with Gasteiger partial charge in [-0.15, -0.1) is 0 Å². The fraction of sp³-hybridized carbons (Fsp3) is 0.235. The molecule has 1 amide bonds. The Labute approximate surface area is 167 Å². The van der Waals surface area contributed by atoms with E-state index in [9.17, 15) is 13.2 Å². The summed E-state index contributed by atoms with van der Waals surface area (Å²) in [6.07, 6.45) is 0.983. The first-order chi connectivity index (χ1) is 12.0. The van der Waals surface area contributed by atoms with Gasteiger partial charge < -0.3 is 5.32 Å². The molecular weight excluding hydrogens is 419 g/mol. The van der Waals surface area contributed by atoms with Gasteiger partial charge in [0.25, 0.3) is 0 Å². The van der Waals surface area contributed by atoms with Crippen molar-refractivity contribution >= 4 is 62.1 Å². The van der Waals surface area contributed by atoms with Crippen molar-refractivity contribution in [2.45, 2.75) is 13.8 Å². The Morgan fingerprint density at radius 1 is 1.08 bits per heavy atom. The molecule has 1 N–H and O–H groups in total. The van der Waals surface area contributed by atoms with Crippen LogP contribution < -0.4 is 9.62 Å². The second kappa shape index (κ2) is 8.05. The highest BCUT2D eigenvalue weighted by Crippen LogP contribution is 2.35. The Balaban J connectivity index is 2.34. The first kappa shape index (κ1) is 20.8. The topological polar surface area (TPSA) is 66.5 Å². The van der Waals surface area contributed by atoms with Crippen molar-refractivity contribution < 1.29 is 13.2 Å². The van der Waals surface area contributed by atoms with Gasteiger partial charge in [-0.3, -0.25) is 9.10 Å². The van der Waals surface area contributed by atoms with Gasteiger partial charge in [-0.25, -0.2) is 8.42 Å². The van der Waals surface area contributed by atoms with Crippen LogP contribution in [0.3, 0.4) is 0 Å². The predicted octanol–water partition coefficient (Wildman–Crippen LogP) is 4.67. The number of anilines is 2. The van der Waals surface area contributed by atoms with Crippen molar-refractivity contribution in [3.05, 3.63) is 56.5 Å². The van der Waals surface area contributed by atoms with Crippen LogP contribution in [0.25, 0.3) is 0 Å². The van der Waals surface area contributed by atoms with Crippen LogP contribution in [-0.4, -0.2) is 27.1 Å². The molecule has 0 aliphatic carbocycles. The number of sulfonamides is 1. The van der Waals surface area contributed by atoms with Gasteiger partial charge in [0.15, 0.2) is 0 Å². The zero-order valence-corrected chi connectivity index (χ0v) is 17.4. The lowest BCUT2D eigenvalue weighted by Crippen LogP contribution is -2.37. The predicted molar refractivity (Wildman–Crippen MR) is 108 cm³/mol. The maximum atomic E-state index is 12.5. The molecule has 0 atom stereocenters. The summed E-state index contributed by atoms with van der Waals surface area (Å²) in [6.45, 7) is 3.34.